The van der Waals surface area contributed by atoms with Crippen LogP contribution < -0.4 is 14.4 Å². The summed E-state index contributed by atoms with van der Waals surface area (Å²) in [7, 11) is 3.08. The average Bonchev–Trinajstić information content (AvgIpc) is 3.15. The monoisotopic (exact) mass is 623 g/mol. The molecule has 4 aromatic carbocycles. The molecule has 0 amide bonds. The van der Waals surface area contributed by atoms with Crippen molar-refractivity contribution in [3.63, 3.8) is 0 Å². The lowest BCUT2D eigenvalue weighted by molar-refractivity contribution is 0.0367. The maximum absolute atomic E-state index is 13.1. The number of ether oxygens (including phenoxy) is 3. The number of carbonyl (C=O) groups excluding carboxylic acids is 1. The molecule has 0 N–H and O–H groups in total. The first kappa shape index (κ1) is 30.3. The molecule has 1 saturated heterocycles. The molecular formula is C40H37N3O4. The summed E-state index contributed by atoms with van der Waals surface area (Å²) in [5.74, 6) is 0.982. The third-order valence-electron chi connectivity index (χ3n) is 9.90. The van der Waals surface area contributed by atoms with E-state index in [1.165, 1.54) is 18.4 Å². The summed E-state index contributed by atoms with van der Waals surface area (Å²) in [5, 5.41) is 11.3. The van der Waals surface area contributed by atoms with E-state index in [4.69, 9.17) is 14.2 Å². The molecule has 0 spiro atoms. The fourth-order valence-electron chi connectivity index (χ4n) is 7.55. The average molecular weight is 624 g/mol. The van der Waals surface area contributed by atoms with Crippen LogP contribution in [0, 0.1) is 24.2 Å². The number of hydrogen-bond donors (Lipinski definition) is 0. The number of aryl methyl sites for hydroxylation is 1. The molecule has 0 aromatic heterocycles. The van der Waals surface area contributed by atoms with E-state index in [9.17, 15) is 10.1 Å². The van der Waals surface area contributed by atoms with Gasteiger partial charge in [-0.25, -0.2) is 4.79 Å². The molecular weight excluding hydrogens is 586 g/mol. The van der Waals surface area contributed by atoms with Crippen LogP contribution in [-0.2, 0) is 10.3 Å². The summed E-state index contributed by atoms with van der Waals surface area (Å²) < 4.78 is 17.6. The molecule has 7 nitrogen and oxygen atoms in total. The minimum Gasteiger partial charge on any atom is -0.497 e. The van der Waals surface area contributed by atoms with Gasteiger partial charge in [0.1, 0.15) is 17.6 Å². The van der Waals surface area contributed by atoms with Crippen LogP contribution in [0.5, 0.6) is 11.5 Å². The summed E-state index contributed by atoms with van der Waals surface area (Å²) in [5.41, 5.74) is 4.37. The van der Waals surface area contributed by atoms with Crippen molar-refractivity contribution < 1.29 is 19.0 Å². The maximum Gasteiger partial charge on any atom is 0.338 e. The Morgan fingerprint density at radius 3 is 2.40 bits per heavy atom. The lowest BCUT2D eigenvalue weighted by Crippen LogP contribution is -2.60. The van der Waals surface area contributed by atoms with Gasteiger partial charge in [-0.2, -0.15) is 5.26 Å². The van der Waals surface area contributed by atoms with Gasteiger partial charge in [0.15, 0.2) is 0 Å². The quantitative estimate of drug-likeness (QED) is 0.213. The summed E-state index contributed by atoms with van der Waals surface area (Å²) in [4.78, 5) is 18.1. The Bertz CT molecular complexity index is 1950. The molecule has 3 atom stereocenters. The van der Waals surface area contributed by atoms with Crippen molar-refractivity contribution in [3.8, 4) is 17.6 Å². The number of rotatable bonds is 6. The van der Waals surface area contributed by atoms with Gasteiger partial charge >= 0.3 is 5.97 Å². The van der Waals surface area contributed by atoms with E-state index in [-0.39, 0.29) is 12.0 Å². The highest BCUT2D eigenvalue weighted by Crippen LogP contribution is 2.48. The van der Waals surface area contributed by atoms with E-state index >= 15 is 0 Å². The Balaban J connectivity index is 1.29. The second kappa shape index (κ2) is 12.5. The molecule has 2 aliphatic heterocycles. The Kier molecular flexibility index (Phi) is 8.05. The fraction of sp³-hybridized carbons (Fsp3) is 0.250. The number of hydrogen-bond acceptors (Lipinski definition) is 7. The zero-order valence-electron chi connectivity index (χ0n) is 26.9. The van der Waals surface area contributed by atoms with Crippen LogP contribution in [0.1, 0.15) is 32.6 Å². The second-order valence-electron chi connectivity index (χ2n) is 12.2. The first-order valence-electron chi connectivity index (χ1n) is 16.0. The largest absolute Gasteiger partial charge is 0.497 e. The lowest BCUT2D eigenvalue weighted by atomic mass is 9.70. The van der Waals surface area contributed by atoms with Gasteiger partial charge < -0.3 is 19.1 Å². The Hall–Kier alpha value is -5.32. The van der Waals surface area contributed by atoms with Crippen LogP contribution in [0.2, 0.25) is 0 Å². The predicted molar refractivity (Wildman–Crippen MR) is 185 cm³/mol. The Morgan fingerprint density at radius 2 is 1.70 bits per heavy atom. The van der Waals surface area contributed by atoms with Crippen LogP contribution in [0.3, 0.4) is 0 Å². The predicted octanol–water partition coefficient (Wildman–Crippen LogP) is 7.05. The number of fused-ring (bicyclic) bond motifs is 3. The van der Waals surface area contributed by atoms with E-state index in [0.29, 0.717) is 22.4 Å². The number of benzene rings is 4. The number of nitriles is 1. The standard InChI is InChI=1S/C40H37N3O4/c1-27-34-25-28(26-41)12-17-32(34)38-33(37(27)39(44)46-3)18-19-36(47-38)35-11-7-8-20-40(35,29-9-5-4-6-10-29)43-23-21-42(22-24-43)30-13-15-31(45-2)16-14-30/h4-20,25,35-36H,21-24H2,1-3H3. The van der Waals surface area contributed by atoms with Gasteiger partial charge in [0.25, 0.3) is 0 Å². The molecule has 3 aliphatic rings. The third-order valence-corrected chi connectivity index (χ3v) is 9.90. The molecule has 1 fully saturated rings. The van der Waals surface area contributed by atoms with Crippen LogP contribution in [0.4, 0.5) is 5.69 Å². The molecule has 47 heavy (non-hydrogen) atoms. The highest BCUT2D eigenvalue weighted by Gasteiger charge is 2.48. The van der Waals surface area contributed by atoms with Gasteiger partial charge in [0.05, 0.1) is 37.0 Å². The maximum atomic E-state index is 13.1. The van der Waals surface area contributed by atoms with Crippen LogP contribution in [0.25, 0.3) is 16.8 Å². The summed E-state index contributed by atoms with van der Waals surface area (Å²) >= 11 is 0. The van der Waals surface area contributed by atoms with Gasteiger partial charge in [-0.1, -0.05) is 60.7 Å². The number of allylic oxidation sites excluding steroid dienone is 2. The van der Waals surface area contributed by atoms with Crippen LogP contribution in [0.15, 0.2) is 103 Å². The van der Waals surface area contributed by atoms with Crippen molar-refractivity contribution in [1.29, 1.82) is 5.26 Å². The molecule has 3 unspecified atom stereocenters. The topological polar surface area (TPSA) is 75.0 Å². The molecule has 236 valence electrons. The van der Waals surface area contributed by atoms with Gasteiger partial charge in [-0.05, 0) is 72.0 Å². The highest BCUT2D eigenvalue weighted by atomic mass is 16.5. The van der Waals surface area contributed by atoms with Crippen molar-refractivity contribution in [1.82, 2.24) is 4.90 Å². The third kappa shape index (κ3) is 5.15. The summed E-state index contributed by atoms with van der Waals surface area (Å²) in [6.07, 6.45) is 12.6. The van der Waals surface area contributed by atoms with Gasteiger partial charge in [0.2, 0.25) is 0 Å². The SMILES string of the molecule is COC(=O)c1c2c(c3ccc(C#N)cc3c1C)OC(C1C=CC=CC1(c1ccccc1)N1CCN(c3ccc(OC)cc3)CC1)C=C2. The summed E-state index contributed by atoms with van der Waals surface area (Å²) in [6, 6.07) is 26.8. The van der Waals surface area contributed by atoms with Crippen molar-refractivity contribution in [3.05, 3.63) is 131 Å². The number of esters is 1. The van der Waals surface area contributed by atoms with E-state index in [2.05, 4.69) is 88.7 Å². The highest BCUT2D eigenvalue weighted by molar-refractivity contribution is 6.06. The number of methoxy groups -OCH3 is 2. The number of nitrogens with zero attached hydrogens (tertiary/aromatic N) is 3. The molecule has 0 saturated carbocycles. The zero-order valence-corrected chi connectivity index (χ0v) is 26.9. The molecule has 0 radical (unpaired) electrons. The fourth-order valence-corrected chi connectivity index (χ4v) is 7.55. The minimum atomic E-state index is -0.478. The van der Waals surface area contributed by atoms with E-state index < -0.39 is 11.5 Å². The van der Waals surface area contributed by atoms with Crippen molar-refractivity contribution in [2.45, 2.75) is 18.6 Å². The first-order valence-corrected chi connectivity index (χ1v) is 16.0. The number of piperazine rings is 1. The molecule has 7 heteroatoms. The van der Waals surface area contributed by atoms with Crippen LogP contribution in [-0.4, -0.2) is 57.4 Å². The van der Waals surface area contributed by atoms with Gasteiger partial charge in [0, 0.05) is 48.7 Å². The molecule has 7 rings (SSSR count). The smallest absolute Gasteiger partial charge is 0.338 e. The van der Waals surface area contributed by atoms with Crippen LogP contribution >= 0.6 is 0 Å². The molecule has 2 heterocycles. The van der Waals surface area contributed by atoms with Crippen molar-refractivity contribution in [2.75, 3.05) is 45.3 Å². The van der Waals surface area contributed by atoms with Crippen molar-refractivity contribution >= 4 is 28.5 Å². The minimum absolute atomic E-state index is 0.0804. The molecule has 4 aromatic rings. The van der Waals surface area contributed by atoms with Gasteiger partial charge in [-0.15, -0.1) is 0 Å². The first-order chi connectivity index (χ1) is 23.0. The summed E-state index contributed by atoms with van der Waals surface area (Å²) in [6.45, 7) is 5.37. The Morgan fingerprint density at radius 1 is 0.936 bits per heavy atom. The van der Waals surface area contributed by atoms with E-state index in [0.717, 1.165) is 48.3 Å². The normalized spacial score (nSPS) is 22.0. The number of anilines is 1. The lowest BCUT2D eigenvalue weighted by Gasteiger charge is -2.52. The van der Waals surface area contributed by atoms with E-state index in [1.54, 1.807) is 13.2 Å². The molecule has 0 bridgehead atoms. The van der Waals surface area contributed by atoms with Gasteiger partial charge in [-0.3, -0.25) is 4.90 Å². The molecule has 1 aliphatic carbocycles. The van der Waals surface area contributed by atoms with Crippen molar-refractivity contribution in [2.24, 2.45) is 5.92 Å². The second-order valence-corrected chi connectivity index (χ2v) is 12.2. The number of carbonyl (C=O) groups is 1. The zero-order chi connectivity index (χ0) is 32.5. The Labute approximate surface area is 275 Å². The van der Waals surface area contributed by atoms with E-state index in [1.807, 2.05) is 37.3 Å².